The predicted octanol–water partition coefficient (Wildman–Crippen LogP) is 3.80. The lowest BCUT2D eigenvalue weighted by atomic mass is 10.0. The first kappa shape index (κ1) is 15.8. The largest absolute Gasteiger partial charge is 0.465 e. The fourth-order valence-corrected chi connectivity index (χ4v) is 2.68. The van der Waals surface area contributed by atoms with Crippen molar-refractivity contribution in [2.75, 3.05) is 13.7 Å². The molecule has 1 N–H and O–H groups in total. The number of esters is 2. The van der Waals surface area contributed by atoms with Crippen LogP contribution in [0.25, 0.3) is 22.2 Å². The van der Waals surface area contributed by atoms with E-state index in [2.05, 4.69) is 4.98 Å². The third-order valence-electron chi connectivity index (χ3n) is 3.76. The van der Waals surface area contributed by atoms with E-state index in [4.69, 9.17) is 9.47 Å². The van der Waals surface area contributed by atoms with Crippen molar-refractivity contribution in [3.63, 3.8) is 0 Å². The number of aromatic nitrogens is 1. The summed E-state index contributed by atoms with van der Waals surface area (Å²) in [6, 6.07) is 14.6. The summed E-state index contributed by atoms with van der Waals surface area (Å²) in [7, 11) is 1.33. The molecule has 1 heterocycles. The molecule has 5 nitrogen and oxygen atoms in total. The Morgan fingerprint density at radius 2 is 1.79 bits per heavy atom. The Bertz CT molecular complexity index is 896. The van der Waals surface area contributed by atoms with E-state index in [-0.39, 0.29) is 0 Å². The third-order valence-corrected chi connectivity index (χ3v) is 3.76. The van der Waals surface area contributed by atoms with Gasteiger partial charge in [0.15, 0.2) is 0 Å². The normalized spacial score (nSPS) is 10.6. The first-order valence-corrected chi connectivity index (χ1v) is 7.62. The van der Waals surface area contributed by atoms with Gasteiger partial charge in [-0.2, -0.15) is 0 Å². The van der Waals surface area contributed by atoms with Crippen molar-refractivity contribution >= 4 is 22.8 Å². The van der Waals surface area contributed by atoms with Crippen LogP contribution >= 0.6 is 0 Å². The average molecular weight is 323 g/mol. The van der Waals surface area contributed by atoms with Crippen LogP contribution in [0, 0.1) is 0 Å². The Balaban J connectivity index is 2.23. The molecule has 1 aromatic heterocycles. The third kappa shape index (κ3) is 2.76. The van der Waals surface area contributed by atoms with Crippen LogP contribution in [0.15, 0.2) is 48.5 Å². The lowest BCUT2D eigenvalue weighted by Gasteiger charge is -2.05. The number of hydrogen-bond donors (Lipinski definition) is 1. The van der Waals surface area contributed by atoms with Gasteiger partial charge in [-0.3, -0.25) is 0 Å². The van der Waals surface area contributed by atoms with Crippen LogP contribution in [0.2, 0.25) is 0 Å². The van der Waals surface area contributed by atoms with Gasteiger partial charge in [-0.25, -0.2) is 9.59 Å². The summed E-state index contributed by atoms with van der Waals surface area (Å²) in [5.74, 6) is -0.820. The van der Waals surface area contributed by atoms with Crippen molar-refractivity contribution in [2.45, 2.75) is 6.92 Å². The number of aromatic amines is 1. The zero-order valence-corrected chi connectivity index (χ0v) is 13.5. The lowest BCUT2D eigenvalue weighted by molar-refractivity contribution is 0.0528. The molecule has 0 bridgehead atoms. The van der Waals surface area contributed by atoms with Crippen LogP contribution in [0.5, 0.6) is 0 Å². The highest BCUT2D eigenvalue weighted by Gasteiger charge is 2.21. The fraction of sp³-hybridized carbons (Fsp3) is 0.158. The highest BCUT2D eigenvalue weighted by atomic mass is 16.5. The molecule has 0 spiro atoms. The number of H-pyrrole nitrogens is 1. The van der Waals surface area contributed by atoms with E-state index in [0.717, 1.165) is 5.56 Å². The summed E-state index contributed by atoms with van der Waals surface area (Å²) < 4.78 is 9.95. The molecular formula is C19H17NO4. The van der Waals surface area contributed by atoms with Crippen molar-refractivity contribution in [1.29, 1.82) is 0 Å². The van der Waals surface area contributed by atoms with Gasteiger partial charge in [-0.05, 0) is 24.6 Å². The van der Waals surface area contributed by atoms with Gasteiger partial charge in [0, 0.05) is 10.9 Å². The average Bonchev–Trinajstić information content (AvgIpc) is 3.00. The van der Waals surface area contributed by atoms with Gasteiger partial charge in [0.25, 0.3) is 0 Å². The predicted molar refractivity (Wildman–Crippen MR) is 91.0 cm³/mol. The second-order valence-corrected chi connectivity index (χ2v) is 5.21. The number of ether oxygens (including phenoxy) is 2. The number of rotatable bonds is 4. The summed E-state index contributed by atoms with van der Waals surface area (Å²) in [5.41, 5.74) is 3.11. The molecule has 0 aliphatic carbocycles. The highest BCUT2D eigenvalue weighted by Crippen LogP contribution is 2.31. The monoisotopic (exact) mass is 323 g/mol. The Morgan fingerprint density at radius 3 is 2.46 bits per heavy atom. The van der Waals surface area contributed by atoms with Crippen LogP contribution < -0.4 is 0 Å². The summed E-state index contributed by atoms with van der Waals surface area (Å²) in [6.07, 6.45) is 0. The molecule has 24 heavy (non-hydrogen) atoms. The SMILES string of the molecule is CCOC(=O)c1c(-c2ccccc2)[nH]c2cc(C(=O)OC)ccc12. The quantitative estimate of drug-likeness (QED) is 0.742. The van der Waals surface area contributed by atoms with Crippen molar-refractivity contribution in [2.24, 2.45) is 0 Å². The fourth-order valence-electron chi connectivity index (χ4n) is 2.68. The number of fused-ring (bicyclic) bond motifs is 1. The Hall–Kier alpha value is -3.08. The van der Waals surface area contributed by atoms with E-state index in [1.165, 1.54) is 7.11 Å². The van der Waals surface area contributed by atoms with E-state index in [0.29, 0.717) is 34.3 Å². The molecule has 2 aromatic carbocycles. The van der Waals surface area contributed by atoms with E-state index in [1.807, 2.05) is 30.3 Å². The molecule has 0 saturated heterocycles. The summed E-state index contributed by atoms with van der Waals surface area (Å²) in [4.78, 5) is 27.4. The van der Waals surface area contributed by atoms with Gasteiger partial charge >= 0.3 is 11.9 Å². The Labute approximate surface area is 139 Å². The molecule has 0 atom stereocenters. The molecule has 0 aliphatic rings. The second kappa shape index (κ2) is 6.58. The molecule has 3 rings (SSSR count). The molecule has 122 valence electrons. The van der Waals surface area contributed by atoms with Crippen LogP contribution in [-0.4, -0.2) is 30.6 Å². The lowest BCUT2D eigenvalue weighted by Crippen LogP contribution is -2.05. The van der Waals surface area contributed by atoms with E-state index in [9.17, 15) is 9.59 Å². The maximum Gasteiger partial charge on any atom is 0.340 e. The van der Waals surface area contributed by atoms with Crippen molar-refractivity contribution < 1.29 is 19.1 Å². The molecule has 0 saturated carbocycles. The maximum absolute atomic E-state index is 12.5. The first-order valence-electron chi connectivity index (χ1n) is 7.62. The minimum atomic E-state index is -0.426. The summed E-state index contributed by atoms with van der Waals surface area (Å²) in [5, 5.41) is 0.708. The zero-order valence-electron chi connectivity index (χ0n) is 13.5. The van der Waals surface area contributed by atoms with E-state index < -0.39 is 11.9 Å². The number of carbonyl (C=O) groups excluding carboxylic acids is 2. The van der Waals surface area contributed by atoms with E-state index in [1.54, 1.807) is 25.1 Å². The second-order valence-electron chi connectivity index (χ2n) is 5.21. The molecular weight excluding hydrogens is 306 g/mol. The van der Waals surface area contributed by atoms with Crippen molar-refractivity contribution in [3.8, 4) is 11.3 Å². The smallest absolute Gasteiger partial charge is 0.340 e. The summed E-state index contributed by atoms with van der Waals surface area (Å²) in [6.45, 7) is 2.06. The standard InChI is InChI=1S/C19H17NO4/c1-3-24-19(22)16-14-10-9-13(18(21)23-2)11-15(14)20-17(16)12-7-5-4-6-8-12/h4-11,20H,3H2,1-2H3. The molecule has 0 aliphatic heterocycles. The highest BCUT2D eigenvalue weighted by molar-refractivity contribution is 6.11. The van der Waals surface area contributed by atoms with Crippen LogP contribution in [0.4, 0.5) is 0 Å². The number of nitrogens with one attached hydrogen (secondary N) is 1. The maximum atomic E-state index is 12.5. The van der Waals surface area contributed by atoms with Gasteiger partial charge in [-0.1, -0.05) is 36.4 Å². The Morgan fingerprint density at radius 1 is 1.04 bits per heavy atom. The number of benzene rings is 2. The molecule has 5 heteroatoms. The molecule has 0 amide bonds. The molecule has 0 unspecified atom stereocenters. The minimum absolute atomic E-state index is 0.292. The van der Waals surface area contributed by atoms with E-state index >= 15 is 0 Å². The first-order chi connectivity index (χ1) is 11.7. The van der Waals surface area contributed by atoms with Gasteiger partial charge in [0.1, 0.15) is 0 Å². The van der Waals surface area contributed by atoms with Gasteiger partial charge < -0.3 is 14.5 Å². The summed E-state index contributed by atoms with van der Waals surface area (Å²) >= 11 is 0. The molecule has 0 fully saturated rings. The van der Waals surface area contributed by atoms with Crippen LogP contribution in [-0.2, 0) is 9.47 Å². The van der Waals surface area contributed by atoms with Crippen LogP contribution in [0.3, 0.4) is 0 Å². The minimum Gasteiger partial charge on any atom is -0.465 e. The van der Waals surface area contributed by atoms with Gasteiger partial charge in [0.05, 0.1) is 30.5 Å². The number of hydrogen-bond acceptors (Lipinski definition) is 4. The number of carbonyl (C=O) groups is 2. The zero-order chi connectivity index (χ0) is 17.1. The number of methoxy groups -OCH3 is 1. The van der Waals surface area contributed by atoms with Crippen molar-refractivity contribution in [3.05, 3.63) is 59.7 Å². The topological polar surface area (TPSA) is 68.4 Å². The molecule has 0 radical (unpaired) electrons. The van der Waals surface area contributed by atoms with Crippen LogP contribution in [0.1, 0.15) is 27.6 Å². The van der Waals surface area contributed by atoms with Gasteiger partial charge in [-0.15, -0.1) is 0 Å². The van der Waals surface area contributed by atoms with Gasteiger partial charge in [0.2, 0.25) is 0 Å². The Kier molecular flexibility index (Phi) is 4.33. The van der Waals surface area contributed by atoms with Crippen molar-refractivity contribution in [1.82, 2.24) is 4.98 Å². The molecule has 3 aromatic rings.